The van der Waals surface area contributed by atoms with E-state index in [1.165, 1.54) is 12.8 Å². The Kier molecular flexibility index (Phi) is 2.16. The molecule has 0 aromatic rings. The third kappa shape index (κ3) is 1.40. The topological polar surface area (TPSA) is 49.3 Å². The molecular weight excluding hydrogens is 166 g/mol. The molecule has 3 heteroatoms. The predicted octanol–water partition coefficient (Wildman–Crippen LogP) is 0.816. The van der Waals surface area contributed by atoms with Gasteiger partial charge >= 0.3 is 0 Å². The number of Topliss-reactive ketones (excluding diaryl/α,β-unsaturated/α-hetero) is 1. The van der Waals surface area contributed by atoms with Gasteiger partial charge in [0.15, 0.2) is 0 Å². The monoisotopic (exact) mass is 183 g/mol. The van der Waals surface area contributed by atoms with Crippen LogP contribution in [0.15, 0.2) is 0 Å². The lowest BCUT2D eigenvalue weighted by Crippen LogP contribution is -2.37. The molecule has 2 N–H and O–H groups in total. The van der Waals surface area contributed by atoms with Gasteiger partial charge in [-0.1, -0.05) is 12.8 Å². The number of hydrogen-bond donors (Lipinski definition) is 2. The first-order chi connectivity index (χ1) is 6.14. The Morgan fingerprint density at radius 1 is 1.46 bits per heavy atom. The van der Waals surface area contributed by atoms with E-state index >= 15 is 0 Å². The highest BCUT2D eigenvalue weighted by Crippen LogP contribution is 2.47. The first-order valence-electron chi connectivity index (χ1n) is 5.09. The minimum atomic E-state index is -0.455. The van der Waals surface area contributed by atoms with Crippen LogP contribution < -0.4 is 5.32 Å². The summed E-state index contributed by atoms with van der Waals surface area (Å²) in [5.74, 6) is 0.155. The quantitative estimate of drug-likeness (QED) is 0.632. The Morgan fingerprint density at radius 3 is 2.54 bits per heavy atom. The van der Waals surface area contributed by atoms with Crippen LogP contribution >= 0.6 is 0 Å². The number of hydrogen-bond acceptors (Lipinski definition) is 3. The van der Waals surface area contributed by atoms with Crippen LogP contribution in [0.5, 0.6) is 0 Å². The fraction of sp³-hybridized carbons (Fsp3) is 0.900. The molecule has 0 bridgehead atoms. The Labute approximate surface area is 78.5 Å². The number of ketones is 1. The van der Waals surface area contributed by atoms with Gasteiger partial charge in [0.2, 0.25) is 0 Å². The Morgan fingerprint density at radius 2 is 2.08 bits per heavy atom. The summed E-state index contributed by atoms with van der Waals surface area (Å²) in [5.41, 5.74) is 0.0241. The number of nitrogens with one attached hydrogen (secondary N) is 1. The molecule has 2 aliphatic rings. The SMILES string of the molecule is CC(=O)[C@@H]1CC2(CCCC2)C(O)N1. The number of carbonyl (C=O) groups is 1. The third-order valence-electron chi connectivity index (χ3n) is 3.64. The molecule has 2 fully saturated rings. The van der Waals surface area contributed by atoms with Crippen LogP contribution in [0, 0.1) is 5.41 Å². The zero-order valence-electron chi connectivity index (χ0n) is 8.05. The maximum absolute atomic E-state index is 11.2. The van der Waals surface area contributed by atoms with Gasteiger partial charge in [-0.2, -0.15) is 0 Å². The van der Waals surface area contributed by atoms with Crippen molar-refractivity contribution in [2.24, 2.45) is 5.41 Å². The zero-order valence-corrected chi connectivity index (χ0v) is 8.05. The molecule has 2 atom stereocenters. The van der Waals surface area contributed by atoms with E-state index in [0.29, 0.717) is 0 Å². The van der Waals surface area contributed by atoms with Crippen molar-refractivity contribution in [1.82, 2.24) is 5.32 Å². The highest BCUT2D eigenvalue weighted by molar-refractivity contribution is 5.81. The highest BCUT2D eigenvalue weighted by atomic mass is 16.3. The van der Waals surface area contributed by atoms with Crippen molar-refractivity contribution in [2.75, 3.05) is 0 Å². The summed E-state index contributed by atoms with van der Waals surface area (Å²) in [6.07, 6.45) is 4.93. The minimum Gasteiger partial charge on any atom is -0.378 e. The summed E-state index contributed by atoms with van der Waals surface area (Å²) in [6, 6.07) is -0.104. The summed E-state index contributed by atoms with van der Waals surface area (Å²) in [4.78, 5) is 11.2. The van der Waals surface area contributed by atoms with Gasteiger partial charge in [0, 0.05) is 5.41 Å². The van der Waals surface area contributed by atoms with Crippen molar-refractivity contribution in [3.05, 3.63) is 0 Å². The smallest absolute Gasteiger partial charge is 0.146 e. The average Bonchev–Trinajstić information content (AvgIpc) is 2.63. The lowest BCUT2D eigenvalue weighted by Gasteiger charge is -2.25. The van der Waals surface area contributed by atoms with Crippen molar-refractivity contribution in [3.8, 4) is 0 Å². The molecule has 74 valence electrons. The van der Waals surface area contributed by atoms with Crippen LogP contribution in [0.2, 0.25) is 0 Å². The molecule has 1 saturated heterocycles. The normalized spacial score (nSPS) is 37.1. The van der Waals surface area contributed by atoms with Crippen molar-refractivity contribution in [3.63, 3.8) is 0 Å². The predicted molar refractivity (Wildman–Crippen MR) is 49.1 cm³/mol. The Hall–Kier alpha value is -0.410. The lowest BCUT2D eigenvalue weighted by atomic mass is 9.82. The molecule has 13 heavy (non-hydrogen) atoms. The van der Waals surface area contributed by atoms with E-state index in [2.05, 4.69) is 5.32 Å². The maximum atomic E-state index is 11.2. The molecular formula is C10H17NO2. The van der Waals surface area contributed by atoms with Crippen LogP contribution in [-0.4, -0.2) is 23.2 Å². The average molecular weight is 183 g/mol. The van der Waals surface area contributed by atoms with Crippen molar-refractivity contribution >= 4 is 5.78 Å². The molecule has 1 unspecified atom stereocenters. The molecule has 1 aliphatic heterocycles. The van der Waals surface area contributed by atoms with Gasteiger partial charge in [-0.3, -0.25) is 10.1 Å². The molecule has 0 amide bonds. The summed E-state index contributed by atoms with van der Waals surface area (Å²) in [5, 5.41) is 12.8. The van der Waals surface area contributed by atoms with E-state index in [4.69, 9.17) is 0 Å². The van der Waals surface area contributed by atoms with Crippen LogP contribution in [-0.2, 0) is 4.79 Å². The molecule has 0 aromatic carbocycles. The van der Waals surface area contributed by atoms with E-state index < -0.39 is 6.23 Å². The van der Waals surface area contributed by atoms with Crippen LogP contribution in [0.3, 0.4) is 0 Å². The third-order valence-corrected chi connectivity index (χ3v) is 3.64. The molecule has 0 radical (unpaired) electrons. The minimum absolute atomic E-state index is 0.0241. The summed E-state index contributed by atoms with van der Waals surface area (Å²) >= 11 is 0. The molecule has 1 saturated carbocycles. The van der Waals surface area contributed by atoms with Crippen LogP contribution in [0.4, 0.5) is 0 Å². The van der Waals surface area contributed by atoms with Crippen molar-refractivity contribution < 1.29 is 9.90 Å². The molecule has 3 nitrogen and oxygen atoms in total. The van der Waals surface area contributed by atoms with Gasteiger partial charge in [0.25, 0.3) is 0 Å². The standard InChI is InChI=1S/C10H17NO2/c1-7(12)8-6-10(9(13)11-8)4-2-3-5-10/h8-9,11,13H,2-6H2,1H3/t8-,9?/m0/s1. The zero-order chi connectivity index (χ0) is 9.47. The van der Waals surface area contributed by atoms with E-state index in [-0.39, 0.29) is 17.2 Å². The molecule has 1 aliphatic carbocycles. The fourth-order valence-corrected chi connectivity index (χ4v) is 2.76. The Bertz CT molecular complexity index is 221. The second kappa shape index (κ2) is 3.07. The summed E-state index contributed by atoms with van der Waals surface area (Å²) in [6.45, 7) is 1.60. The van der Waals surface area contributed by atoms with Gasteiger partial charge in [0.1, 0.15) is 12.0 Å². The van der Waals surface area contributed by atoms with Crippen LogP contribution in [0.1, 0.15) is 39.0 Å². The number of aliphatic hydroxyl groups is 1. The van der Waals surface area contributed by atoms with Crippen LogP contribution in [0.25, 0.3) is 0 Å². The maximum Gasteiger partial charge on any atom is 0.146 e. The number of carbonyl (C=O) groups excluding carboxylic acids is 1. The lowest BCUT2D eigenvalue weighted by molar-refractivity contribution is -0.118. The first kappa shape index (κ1) is 9.16. The summed E-state index contributed by atoms with van der Waals surface area (Å²) in [7, 11) is 0. The van der Waals surface area contributed by atoms with E-state index in [9.17, 15) is 9.90 Å². The van der Waals surface area contributed by atoms with Crippen molar-refractivity contribution in [2.45, 2.75) is 51.3 Å². The van der Waals surface area contributed by atoms with E-state index in [0.717, 1.165) is 19.3 Å². The second-order valence-electron chi connectivity index (χ2n) is 4.51. The van der Waals surface area contributed by atoms with E-state index in [1.807, 2.05) is 0 Å². The van der Waals surface area contributed by atoms with E-state index in [1.54, 1.807) is 6.92 Å². The largest absolute Gasteiger partial charge is 0.378 e. The van der Waals surface area contributed by atoms with Gasteiger partial charge in [-0.05, 0) is 26.2 Å². The molecule has 0 aromatic heterocycles. The van der Waals surface area contributed by atoms with Gasteiger partial charge in [-0.15, -0.1) is 0 Å². The van der Waals surface area contributed by atoms with Gasteiger partial charge < -0.3 is 5.11 Å². The Balaban J connectivity index is 2.11. The first-order valence-corrected chi connectivity index (χ1v) is 5.09. The molecule has 1 heterocycles. The van der Waals surface area contributed by atoms with Gasteiger partial charge in [-0.25, -0.2) is 0 Å². The molecule has 1 spiro atoms. The number of rotatable bonds is 1. The fourth-order valence-electron chi connectivity index (χ4n) is 2.76. The summed E-state index contributed by atoms with van der Waals surface area (Å²) < 4.78 is 0. The van der Waals surface area contributed by atoms with Crippen molar-refractivity contribution in [1.29, 1.82) is 0 Å². The second-order valence-corrected chi connectivity index (χ2v) is 4.51. The number of aliphatic hydroxyl groups excluding tert-OH is 1. The molecule has 2 rings (SSSR count). The van der Waals surface area contributed by atoms with Gasteiger partial charge in [0.05, 0.1) is 6.04 Å². The highest BCUT2D eigenvalue weighted by Gasteiger charge is 2.48.